The molecule has 130 valence electrons. The quantitative estimate of drug-likeness (QED) is 0.691. The van der Waals surface area contributed by atoms with E-state index in [0.717, 1.165) is 0 Å². The van der Waals surface area contributed by atoms with Crippen molar-refractivity contribution in [1.29, 1.82) is 0 Å². The standard InChI is InChI=1S/C21H31BO2/c1-17(2,3)15-8-10-16(11-9-15)20-12-21(13-20,14-20)22-23-18(4,5)19(6,7)24-22/h8-11H,12-14H2,1-7H3. The van der Waals surface area contributed by atoms with E-state index in [9.17, 15) is 0 Å². The average Bonchev–Trinajstić information content (AvgIpc) is 2.54. The van der Waals surface area contributed by atoms with Crippen molar-refractivity contribution >= 4 is 7.12 Å². The smallest absolute Gasteiger partial charge is 0.403 e. The molecule has 1 heterocycles. The molecule has 5 rings (SSSR count). The van der Waals surface area contributed by atoms with E-state index < -0.39 is 0 Å². The van der Waals surface area contributed by atoms with Crippen LogP contribution in [0.25, 0.3) is 0 Å². The van der Waals surface area contributed by atoms with Crippen molar-refractivity contribution in [3.63, 3.8) is 0 Å². The van der Waals surface area contributed by atoms with Crippen LogP contribution >= 0.6 is 0 Å². The summed E-state index contributed by atoms with van der Waals surface area (Å²) in [6.07, 6.45) is 3.64. The lowest BCUT2D eigenvalue weighted by Gasteiger charge is -2.71. The van der Waals surface area contributed by atoms with E-state index in [0.29, 0.717) is 5.41 Å². The maximum atomic E-state index is 6.33. The molecule has 3 saturated carbocycles. The fourth-order valence-electron chi connectivity index (χ4n) is 4.84. The van der Waals surface area contributed by atoms with E-state index in [1.54, 1.807) is 0 Å². The van der Waals surface area contributed by atoms with Gasteiger partial charge in [0.05, 0.1) is 11.2 Å². The molecule has 0 amide bonds. The first-order valence-corrected chi connectivity index (χ1v) is 9.36. The van der Waals surface area contributed by atoms with Crippen molar-refractivity contribution in [2.45, 2.75) is 95.1 Å². The summed E-state index contributed by atoms with van der Waals surface area (Å²) in [5.74, 6) is 0. The lowest BCUT2D eigenvalue weighted by atomic mass is 9.23. The van der Waals surface area contributed by atoms with Crippen LogP contribution in [0.15, 0.2) is 24.3 Å². The van der Waals surface area contributed by atoms with Gasteiger partial charge in [-0.2, -0.15) is 0 Å². The van der Waals surface area contributed by atoms with Gasteiger partial charge in [-0.3, -0.25) is 0 Å². The molecule has 0 radical (unpaired) electrons. The first-order valence-electron chi connectivity index (χ1n) is 9.36. The lowest BCUT2D eigenvalue weighted by molar-refractivity contribution is -0.0383. The molecule has 2 nitrogen and oxygen atoms in total. The number of benzene rings is 1. The zero-order valence-corrected chi connectivity index (χ0v) is 16.3. The molecule has 3 aliphatic carbocycles. The molecule has 0 atom stereocenters. The SMILES string of the molecule is CC(C)(C)c1ccc(C23CC(B4OC(C)(C)C(C)(C)O4)(C2)C3)cc1. The molecule has 1 aromatic rings. The molecule has 1 saturated heterocycles. The molecule has 2 bridgehead atoms. The molecule has 4 aliphatic rings. The van der Waals surface area contributed by atoms with Crippen LogP contribution < -0.4 is 0 Å². The van der Waals surface area contributed by atoms with E-state index in [1.165, 1.54) is 30.4 Å². The summed E-state index contributed by atoms with van der Waals surface area (Å²) in [4.78, 5) is 0. The molecular weight excluding hydrogens is 295 g/mol. The molecular formula is C21H31BO2. The maximum Gasteiger partial charge on any atom is 0.464 e. The summed E-state index contributed by atoms with van der Waals surface area (Å²) >= 11 is 0. The highest BCUT2D eigenvalue weighted by Gasteiger charge is 2.76. The van der Waals surface area contributed by atoms with E-state index in [1.807, 2.05) is 0 Å². The Bertz CT molecular complexity index is 630. The largest absolute Gasteiger partial charge is 0.464 e. The number of hydrogen-bond donors (Lipinski definition) is 0. The zero-order chi connectivity index (χ0) is 17.6. The summed E-state index contributed by atoms with van der Waals surface area (Å²) in [6.45, 7) is 15.4. The van der Waals surface area contributed by atoms with Gasteiger partial charge in [-0.05, 0) is 68.9 Å². The Morgan fingerprint density at radius 3 is 1.71 bits per heavy atom. The molecule has 1 aromatic carbocycles. The van der Waals surface area contributed by atoms with Crippen molar-refractivity contribution in [1.82, 2.24) is 0 Å². The number of rotatable bonds is 2. The maximum absolute atomic E-state index is 6.33. The molecule has 0 unspecified atom stereocenters. The first-order chi connectivity index (χ1) is 10.9. The lowest BCUT2D eigenvalue weighted by Crippen LogP contribution is -2.66. The summed E-state index contributed by atoms with van der Waals surface area (Å²) in [7, 11) is -0.0294. The third kappa shape index (κ3) is 2.10. The third-order valence-electron chi connectivity index (χ3n) is 7.19. The highest BCUT2D eigenvalue weighted by Crippen LogP contribution is 2.80. The molecule has 0 spiro atoms. The van der Waals surface area contributed by atoms with Gasteiger partial charge < -0.3 is 9.31 Å². The normalized spacial score (nSPS) is 36.2. The summed E-state index contributed by atoms with van der Waals surface area (Å²) in [5.41, 5.74) is 3.11. The Balaban J connectivity index is 1.47. The monoisotopic (exact) mass is 326 g/mol. The Labute approximate surface area is 147 Å². The first kappa shape index (κ1) is 16.7. The summed E-state index contributed by atoms with van der Waals surface area (Å²) in [5, 5.41) is 0.258. The minimum Gasteiger partial charge on any atom is -0.403 e. The molecule has 1 aliphatic heterocycles. The second-order valence-corrected chi connectivity index (χ2v) is 10.6. The Kier molecular flexibility index (Phi) is 3.11. The van der Waals surface area contributed by atoms with Gasteiger partial charge in [-0.1, -0.05) is 45.0 Å². The van der Waals surface area contributed by atoms with Crippen molar-refractivity contribution in [2.75, 3.05) is 0 Å². The molecule has 0 N–H and O–H groups in total. The van der Waals surface area contributed by atoms with Crippen molar-refractivity contribution in [3.05, 3.63) is 35.4 Å². The molecule has 0 aromatic heterocycles. The van der Waals surface area contributed by atoms with E-state index in [2.05, 4.69) is 72.7 Å². The number of hydrogen-bond acceptors (Lipinski definition) is 2. The minimum absolute atomic E-state index is 0.0294. The Hall–Kier alpha value is -0.795. The van der Waals surface area contributed by atoms with Gasteiger partial charge in [0.15, 0.2) is 0 Å². The van der Waals surface area contributed by atoms with E-state index in [4.69, 9.17) is 9.31 Å². The van der Waals surface area contributed by atoms with Crippen LogP contribution in [0.1, 0.15) is 78.9 Å². The predicted octanol–water partition coefficient (Wildman–Crippen LogP) is 5.25. The zero-order valence-electron chi connectivity index (χ0n) is 16.3. The van der Waals surface area contributed by atoms with Gasteiger partial charge >= 0.3 is 7.12 Å². The van der Waals surface area contributed by atoms with Gasteiger partial charge in [-0.15, -0.1) is 0 Å². The van der Waals surface area contributed by atoms with Crippen LogP contribution in [0.4, 0.5) is 0 Å². The van der Waals surface area contributed by atoms with Crippen LogP contribution in [-0.2, 0) is 20.1 Å². The van der Waals surface area contributed by atoms with Crippen molar-refractivity contribution in [3.8, 4) is 0 Å². The van der Waals surface area contributed by atoms with Crippen LogP contribution in [0.5, 0.6) is 0 Å². The topological polar surface area (TPSA) is 18.5 Å². The summed E-state index contributed by atoms with van der Waals surface area (Å²) < 4.78 is 12.7. The van der Waals surface area contributed by atoms with E-state index in [-0.39, 0.29) is 29.0 Å². The Morgan fingerprint density at radius 1 is 0.833 bits per heavy atom. The molecule has 24 heavy (non-hydrogen) atoms. The van der Waals surface area contributed by atoms with Gasteiger partial charge in [0.2, 0.25) is 0 Å². The van der Waals surface area contributed by atoms with Crippen LogP contribution in [0.3, 0.4) is 0 Å². The van der Waals surface area contributed by atoms with Gasteiger partial charge in [0.25, 0.3) is 0 Å². The second-order valence-electron chi connectivity index (χ2n) is 10.6. The second kappa shape index (κ2) is 4.48. The highest BCUT2D eigenvalue weighted by molar-refractivity contribution is 6.51. The third-order valence-corrected chi connectivity index (χ3v) is 7.19. The fourth-order valence-corrected chi connectivity index (χ4v) is 4.84. The van der Waals surface area contributed by atoms with Gasteiger partial charge in [0.1, 0.15) is 0 Å². The predicted molar refractivity (Wildman–Crippen MR) is 99.4 cm³/mol. The van der Waals surface area contributed by atoms with Crippen LogP contribution in [0.2, 0.25) is 5.31 Å². The average molecular weight is 326 g/mol. The van der Waals surface area contributed by atoms with Crippen molar-refractivity contribution < 1.29 is 9.31 Å². The molecule has 3 heteroatoms. The van der Waals surface area contributed by atoms with E-state index >= 15 is 0 Å². The van der Waals surface area contributed by atoms with Crippen LogP contribution in [0, 0.1) is 0 Å². The van der Waals surface area contributed by atoms with Gasteiger partial charge in [0, 0.05) is 5.31 Å². The van der Waals surface area contributed by atoms with Crippen molar-refractivity contribution in [2.24, 2.45) is 0 Å². The van der Waals surface area contributed by atoms with Gasteiger partial charge in [-0.25, -0.2) is 0 Å². The molecule has 4 fully saturated rings. The Morgan fingerprint density at radius 2 is 1.29 bits per heavy atom. The fraction of sp³-hybridized carbons (Fsp3) is 0.714. The summed E-state index contributed by atoms with van der Waals surface area (Å²) in [6, 6.07) is 9.34. The highest BCUT2D eigenvalue weighted by atomic mass is 16.7. The minimum atomic E-state index is -0.214. The van der Waals surface area contributed by atoms with Crippen LogP contribution in [-0.4, -0.2) is 18.3 Å².